The Kier molecular flexibility index (Phi) is 5.86. The van der Waals surface area contributed by atoms with Crippen molar-refractivity contribution < 1.29 is 18.7 Å². The highest BCUT2D eigenvalue weighted by Gasteiger charge is 2.11. The Hall–Kier alpha value is -1.76. The van der Waals surface area contributed by atoms with Crippen LogP contribution in [0.4, 0.5) is 4.39 Å². The highest BCUT2D eigenvalue weighted by atomic mass is 19.1. The number of halogens is 1. The van der Waals surface area contributed by atoms with Gasteiger partial charge in [0, 0.05) is 32.3 Å². The Morgan fingerprint density at radius 3 is 2.95 bits per heavy atom. The van der Waals surface area contributed by atoms with Gasteiger partial charge >= 0.3 is 0 Å². The van der Waals surface area contributed by atoms with E-state index in [0.29, 0.717) is 37.7 Å². The van der Waals surface area contributed by atoms with Gasteiger partial charge in [0.15, 0.2) is 0 Å². The molecular formula is C15H19FN2O3. The van der Waals surface area contributed by atoms with E-state index < -0.39 is 0 Å². The predicted octanol–water partition coefficient (Wildman–Crippen LogP) is 1.92. The first-order valence-electron chi connectivity index (χ1n) is 6.75. The number of ether oxygens (including phenoxy) is 1. The van der Waals surface area contributed by atoms with Crippen LogP contribution in [-0.2, 0) is 11.3 Å². The summed E-state index contributed by atoms with van der Waals surface area (Å²) < 4.78 is 23.6. The zero-order valence-corrected chi connectivity index (χ0v) is 12.0. The summed E-state index contributed by atoms with van der Waals surface area (Å²) in [5.41, 5.74) is 1.34. The lowest BCUT2D eigenvalue weighted by atomic mass is 10.2. The molecule has 0 aliphatic heterocycles. The number of aromatic nitrogens is 1. The van der Waals surface area contributed by atoms with E-state index in [2.05, 4.69) is 4.98 Å². The minimum atomic E-state index is -0.325. The van der Waals surface area contributed by atoms with Crippen molar-refractivity contribution in [1.82, 2.24) is 9.88 Å². The van der Waals surface area contributed by atoms with E-state index in [1.165, 1.54) is 12.1 Å². The second-order valence-corrected chi connectivity index (χ2v) is 4.65. The van der Waals surface area contributed by atoms with E-state index in [-0.39, 0.29) is 12.4 Å². The van der Waals surface area contributed by atoms with Crippen LogP contribution >= 0.6 is 0 Å². The van der Waals surface area contributed by atoms with Gasteiger partial charge in [-0.15, -0.1) is 0 Å². The van der Waals surface area contributed by atoms with Crippen molar-refractivity contribution in [1.29, 1.82) is 0 Å². The molecule has 6 heteroatoms. The summed E-state index contributed by atoms with van der Waals surface area (Å²) in [5, 5.41) is 9.06. The van der Waals surface area contributed by atoms with Gasteiger partial charge in [-0.2, -0.15) is 0 Å². The predicted molar refractivity (Wildman–Crippen MR) is 76.1 cm³/mol. The third-order valence-corrected chi connectivity index (χ3v) is 3.04. The van der Waals surface area contributed by atoms with Gasteiger partial charge in [-0.1, -0.05) is 6.07 Å². The molecule has 0 amide bonds. The molecule has 114 valence electrons. The SMILES string of the molecule is COCCN(CCO)Cc1coc(-c2cccc(F)c2)n1. The fourth-order valence-electron chi connectivity index (χ4n) is 1.99. The number of oxazole rings is 1. The Morgan fingerprint density at radius 2 is 2.24 bits per heavy atom. The molecule has 0 spiro atoms. The molecular weight excluding hydrogens is 275 g/mol. The van der Waals surface area contributed by atoms with Crippen LogP contribution in [0.15, 0.2) is 34.9 Å². The lowest BCUT2D eigenvalue weighted by Gasteiger charge is -2.19. The Bertz CT molecular complexity index is 559. The maximum atomic E-state index is 13.2. The van der Waals surface area contributed by atoms with Crippen molar-refractivity contribution in [3.05, 3.63) is 42.0 Å². The fraction of sp³-hybridized carbons (Fsp3) is 0.400. The summed E-state index contributed by atoms with van der Waals surface area (Å²) in [7, 11) is 1.63. The number of aliphatic hydroxyl groups excluding tert-OH is 1. The summed E-state index contributed by atoms with van der Waals surface area (Å²) >= 11 is 0. The molecule has 0 aliphatic carbocycles. The van der Waals surface area contributed by atoms with Crippen LogP contribution in [-0.4, -0.2) is 48.4 Å². The molecule has 1 aromatic heterocycles. The van der Waals surface area contributed by atoms with E-state index in [1.807, 2.05) is 4.90 Å². The molecule has 0 saturated carbocycles. The maximum Gasteiger partial charge on any atom is 0.226 e. The smallest absolute Gasteiger partial charge is 0.226 e. The molecule has 21 heavy (non-hydrogen) atoms. The number of aliphatic hydroxyl groups is 1. The summed E-state index contributed by atoms with van der Waals surface area (Å²) in [6, 6.07) is 6.12. The topological polar surface area (TPSA) is 58.7 Å². The molecule has 2 aromatic rings. The average Bonchev–Trinajstić information content (AvgIpc) is 2.93. The molecule has 0 bridgehead atoms. The van der Waals surface area contributed by atoms with Crippen LogP contribution < -0.4 is 0 Å². The summed E-state index contributed by atoms with van der Waals surface area (Å²) in [6.07, 6.45) is 1.55. The normalized spacial score (nSPS) is 11.2. The number of rotatable bonds is 8. The monoisotopic (exact) mass is 294 g/mol. The molecule has 2 rings (SSSR count). The Labute approximate surface area is 123 Å². The first kappa shape index (κ1) is 15.6. The van der Waals surface area contributed by atoms with Crippen LogP contribution in [0.25, 0.3) is 11.5 Å². The number of hydrogen-bond donors (Lipinski definition) is 1. The standard InChI is InChI=1S/C15H19FN2O3/c1-20-8-6-18(5-7-19)10-14-11-21-15(17-14)12-3-2-4-13(16)9-12/h2-4,9,11,19H,5-8,10H2,1H3. The first-order valence-corrected chi connectivity index (χ1v) is 6.75. The molecule has 0 saturated heterocycles. The quantitative estimate of drug-likeness (QED) is 0.806. The third-order valence-electron chi connectivity index (χ3n) is 3.04. The van der Waals surface area contributed by atoms with E-state index in [9.17, 15) is 4.39 Å². The molecule has 0 radical (unpaired) electrons. The van der Waals surface area contributed by atoms with Gasteiger partial charge in [0.05, 0.1) is 18.9 Å². The molecule has 0 unspecified atom stereocenters. The van der Waals surface area contributed by atoms with Crippen LogP contribution in [0.3, 0.4) is 0 Å². The molecule has 0 fully saturated rings. The van der Waals surface area contributed by atoms with Crippen LogP contribution in [0.5, 0.6) is 0 Å². The van der Waals surface area contributed by atoms with E-state index in [0.717, 1.165) is 5.69 Å². The van der Waals surface area contributed by atoms with Crippen molar-refractivity contribution >= 4 is 0 Å². The summed E-state index contributed by atoms with van der Waals surface area (Å²) in [4.78, 5) is 6.36. The van der Waals surface area contributed by atoms with Crippen LogP contribution in [0.2, 0.25) is 0 Å². The average molecular weight is 294 g/mol. The lowest BCUT2D eigenvalue weighted by molar-refractivity contribution is 0.126. The fourth-order valence-corrected chi connectivity index (χ4v) is 1.99. The maximum absolute atomic E-state index is 13.2. The molecule has 5 nitrogen and oxygen atoms in total. The highest BCUT2D eigenvalue weighted by Crippen LogP contribution is 2.19. The number of nitrogens with zero attached hydrogens (tertiary/aromatic N) is 2. The third kappa shape index (κ3) is 4.63. The molecule has 1 N–H and O–H groups in total. The van der Waals surface area contributed by atoms with Gasteiger partial charge < -0.3 is 14.3 Å². The molecule has 1 heterocycles. The van der Waals surface area contributed by atoms with E-state index in [1.54, 1.807) is 25.5 Å². The second kappa shape index (κ2) is 7.87. The number of benzene rings is 1. The van der Waals surface area contributed by atoms with Crippen molar-refractivity contribution in [2.75, 3.05) is 33.4 Å². The van der Waals surface area contributed by atoms with Crippen LogP contribution in [0, 0.1) is 5.82 Å². The Morgan fingerprint density at radius 1 is 1.38 bits per heavy atom. The zero-order chi connectivity index (χ0) is 15.1. The number of hydrogen-bond acceptors (Lipinski definition) is 5. The van der Waals surface area contributed by atoms with Gasteiger partial charge in [0.25, 0.3) is 0 Å². The van der Waals surface area contributed by atoms with Gasteiger partial charge in [-0.05, 0) is 18.2 Å². The van der Waals surface area contributed by atoms with Gasteiger partial charge in [0.1, 0.15) is 12.1 Å². The van der Waals surface area contributed by atoms with Crippen molar-refractivity contribution in [3.8, 4) is 11.5 Å². The number of methoxy groups -OCH3 is 1. The molecule has 0 aliphatic rings. The van der Waals surface area contributed by atoms with Gasteiger partial charge in [-0.25, -0.2) is 9.37 Å². The van der Waals surface area contributed by atoms with Crippen molar-refractivity contribution in [2.24, 2.45) is 0 Å². The molecule has 0 atom stereocenters. The van der Waals surface area contributed by atoms with Gasteiger partial charge in [-0.3, -0.25) is 4.90 Å². The van der Waals surface area contributed by atoms with Crippen molar-refractivity contribution in [2.45, 2.75) is 6.54 Å². The molecule has 1 aromatic carbocycles. The van der Waals surface area contributed by atoms with Crippen molar-refractivity contribution in [3.63, 3.8) is 0 Å². The largest absolute Gasteiger partial charge is 0.444 e. The first-order chi connectivity index (χ1) is 10.2. The zero-order valence-electron chi connectivity index (χ0n) is 12.0. The minimum Gasteiger partial charge on any atom is -0.444 e. The Balaban J connectivity index is 2.04. The van der Waals surface area contributed by atoms with E-state index >= 15 is 0 Å². The lowest BCUT2D eigenvalue weighted by Crippen LogP contribution is -2.29. The summed E-state index contributed by atoms with van der Waals surface area (Å²) in [5.74, 6) is 0.0643. The second-order valence-electron chi connectivity index (χ2n) is 4.65. The summed E-state index contributed by atoms with van der Waals surface area (Å²) in [6.45, 7) is 2.42. The minimum absolute atomic E-state index is 0.0678. The van der Waals surface area contributed by atoms with Gasteiger partial charge in [0.2, 0.25) is 5.89 Å². The van der Waals surface area contributed by atoms with E-state index in [4.69, 9.17) is 14.3 Å². The van der Waals surface area contributed by atoms with Crippen LogP contribution in [0.1, 0.15) is 5.69 Å². The highest BCUT2D eigenvalue weighted by molar-refractivity contribution is 5.52.